The van der Waals surface area contributed by atoms with Crippen molar-refractivity contribution < 1.29 is 4.74 Å². The lowest BCUT2D eigenvalue weighted by Gasteiger charge is -2.31. The van der Waals surface area contributed by atoms with E-state index in [2.05, 4.69) is 36.3 Å². The third-order valence-electron chi connectivity index (χ3n) is 3.78. The second kappa shape index (κ2) is 7.99. The molecular formula is C16H25ClN2O. The Hall–Kier alpha value is -0.610. The zero-order valence-corrected chi connectivity index (χ0v) is 13.2. The van der Waals surface area contributed by atoms with E-state index in [4.69, 9.17) is 16.3 Å². The molecule has 0 aromatic heterocycles. The average molecular weight is 297 g/mol. The van der Waals surface area contributed by atoms with Crippen LogP contribution in [-0.4, -0.2) is 44.3 Å². The molecule has 0 saturated carbocycles. The van der Waals surface area contributed by atoms with Crippen molar-refractivity contribution in [3.63, 3.8) is 0 Å². The van der Waals surface area contributed by atoms with Crippen LogP contribution in [0.3, 0.4) is 0 Å². The van der Waals surface area contributed by atoms with Crippen molar-refractivity contribution in [1.82, 2.24) is 10.2 Å². The van der Waals surface area contributed by atoms with Gasteiger partial charge in [-0.2, -0.15) is 0 Å². The van der Waals surface area contributed by atoms with Crippen LogP contribution < -0.4 is 5.32 Å². The van der Waals surface area contributed by atoms with Gasteiger partial charge >= 0.3 is 0 Å². The number of nitrogens with one attached hydrogen (secondary N) is 1. The molecule has 0 bridgehead atoms. The number of hydrogen-bond acceptors (Lipinski definition) is 3. The van der Waals surface area contributed by atoms with Crippen molar-refractivity contribution in [1.29, 1.82) is 0 Å². The molecule has 0 radical (unpaired) electrons. The molecule has 112 valence electrons. The Labute approximate surface area is 127 Å². The highest BCUT2D eigenvalue weighted by molar-refractivity contribution is 6.30. The van der Waals surface area contributed by atoms with Crippen molar-refractivity contribution in [3.05, 3.63) is 34.9 Å². The van der Waals surface area contributed by atoms with E-state index in [-0.39, 0.29) is 0 Å². The van der Waals surface area contributed by atoms with Crippen LogP contribution in [-0.2, 0) is 4.74 Å². The Balaban J connectivity index is 1.90. The minimum Gasteiger partial charge on any atom is -0.374 e. The van der Waals surface area contributed by atoms with Crippen LogP contribution >= 0.6 is 11.6 Å². The number of likely N-dealkylation sites (N-methyl/N-ethyl adjacent to an activating group) is 1. The van der Waals surface area contributed by atoms with E-state index in [1.807, 2.05) is 12.1 Å². The second-order valence-electron chi connectivity index (χ2n) is 5.56. The first-order chi connectivity index (χ1) is 9.69. The molecule has 2 rings (SSSR count). The molecule has 4 heteroatoms. The first-order valence-electron chi connectivity index (χ1n) is 7.48. The van der Waals surface area contributed by atoms with E-state index in [1.165, 1.54) is 5.56 Å². The second-order valence-corrected chi connectivity index (χ2v) is 5.99. The Morgan fingerprint density at radius 2 is 2.15 bits per heavy atom. The molecule has 0 spiro atoms. The highest BCUT2D eigenvalue weighted by Gasteiger charge is 2.19. The monoisotopic (exact) mass is 296 g/mol. The predicted octanol–water partition coefficient (Wildman–Crippen LogP) is 3.10. The van der Waals surface area contributed by atoms with Gasteiger partial charge in [-0.1, -0.05) is 37.1 Å². The molecule has 1 heterocycles. The normalized spacial score (nSPS) is 21.9. The fourth-order valence-electron chi connectivity index (χ4n) is 2.63. The van der Waals surface area contributed by atoms with Gasteiger partial charge in [0.2, 0.25) is 0 Å². The van der Waals surface area contributed by atoms with E-state index in [0.29, 0.717) is 12.1 Å². The number of ether oxygens (including phenoxy) is 1. The van der Waals surface area contributed by atoms with Crippen LogP contribution in [0, 0.1) is 0 Å². The Morgan fingerprint density at radius 1 is 1.40 bits per heavy atom. The smallest absolute Gasteiger partial charge is 0.0826 e. The largest absolute Gasteiger partial charge is 0.374 e. The van der Waals surface area contributed by atoms with Crippen LogP contribution in [0.1, 0.15) is 31.4 Å². The Bertz CT molecular complexity index is 396. The van der Waals surface area contributed by atoms with Crippen molar-refractivity contribution in [2.24, 2.45) is 0 Å². The molecule has 1 aromatic carbocycles. The SMILES string of the molecule is CCCC(NCC1CN(C)CCO1)c1ccc(Cl)cc1. The lowest BCUT2D eigenvalue weighted by atomic mass is 10.0. The van der Waals surface area contributed by atoms with Gasteiger partial charge in [0.1, 0.15) is 0 Å². The molecule has 1 saturated heterocycles. The lowest BCUT2D eigenvalue weighted by Crippen LogP contribution is -2.45. The van der Waals surface area contributed by atoms with E-state index in [1.54, 1.807) is 0 Å². The standard InChI is InChI=1S/C16H25ClN2O/c1-3-4-16(13-5-7-14(17)8-6-13)18-11-15-12-19(2)9-10-20-15/h5-8,15-16,18H,3-4,9-12H2,1-2H3. The van der Waals surface area contributed by atoms with Crippen LogP contribution in [0.5, 0.6) is 0 Å². The topological polar surface area (TPSA) is 24.5 Å². The van der Waals surface area contributed by atoms with Gasteiger partial charge in [-0.05, 0) is 31.2 Å². The zero-order valence-electron chi connectivity index (χ0n) is 12.4. The summed E-state index contributed by atoms with van der Waals surface area (Å²) >= 11 is 5.96. The minimum absolute atomic E-state index is 0.292. The summed E-state index contributed by atoms with van der Waals surface area (Å²) in [4.78, 5) is 2.33. The van der Waals surface area contributed by atoms with E-state index < -0.39 is 0 Å². The molecule has 1 aliphatic rings. The quantitative estimate of drug-likeness (QED) is 0.873. The van der Waals surface area contributed by atoms with Gasteiger partial charge in [0.15, 0.2) is 0 Å². The molecule has 0 aliphatic carbocycles. The summed E-state index contributed by atoms with van der Waals surface area (Å²) < 4.78 is 5.81. The highest BCUT2D eigenvalue weighted by Crippen LogP contribution is 2.21. The zero-order chi connectivity index (χ0) is 14.4. The van der Waals surface area contributed by atoms with E-state index in [0.717, 1.165) is 44.1 Å². The number of benzene rings is 1. The molecule has 2 unspecified atom stereocenters. The minimum atomic E-state index is 0.292. The maximum absolute atomic E-state index is 5.96. The summed E-state index contributed by atoms with van der Waals surface area (Å²) in [5.41, 5.74) is 1.31. The Morgan fingerprint density at radius 3 is 2.80 bits per heavy atom. The summed E-state index contributed by atoms with van der Waals surface area (Å²) in [6.45, 7) is 5.99. The lowest BCUT2D eigenvalue weighted by molar-refractivity contribution is -0.0194. The van der Waals surface area contributed by atoms with Crippen molar-refractivity contribution in [2.75, 3.05) is 33.3 Å². The highest BCUT2D eigenvalue weighted by atomic mass is 35.5. The molecule has 0 amide bonds. The molecule has 1 N–H and O–H groups in total. The van der Waals surface area contributed by atoms with Gasteiger partial charge in [0, 0.05) is 30.7 Å². The van der Waals surface area contributed by atoms with Gasteiger partial charge in [0.25, 0.3) is 0 Å². The number of hydrogen-bond donors (Lipinski definition) is 1. The number of rotatable bonds is 6. The van der Waals surface area contributed by atoms with Crippen molar-refractivity contribution in [3.8, 4) is 0 Å². The molecule has 1 aliphatic heterocycles. The maximum atomic E-state index is 5.96. The molecular weight excluding hydrogens is 272 g/mol. The van der Waals surface area contributed by atoms with Crippen molar-refractivity contribution >= 4 is 11.6 Å². The van der Waals surface area contributed by atoms with Crippen LogP contribution in [0.2, 0.25) is 5.02 Å². The first-order valence-corrected chi connectivity index (χ1v) is 7.86. The summed E-state index contributed by atoms with van der Waals surface area (Å²) in [5.74, 6) is 0. The fraction of sp³-hybridized carbons (Fsp3) is 0.625. The van der Waals surface area contributed by atoms with Crippen LogP contribution in [0.15, 0.2) is 24.3 Å². The maximum Gasteiger partial charge on any atom is 0.0826 e. The summed E-state index contributed by atoms with van der Waals surface area (Å²) in [6, 6.07) is 8.54. The van der Waals surface area contributed by atoms with Crippen molar-refractivity contribution in [2.45, 2.75) is 31.9 Å². The van der Waals surface area contributed by atoms with Gasteiger partial charge in [-0.25, -0.2) is 0 Å². The van der Waals surface area contributed by atoms with E-state index in [9.17, 15) is 0 Å². The summed E-state index contributed by atoms with van der Waals surface area (Å²) in [5, 5.41) is 4.44. The Kier molecular flexibility index (Phi) is 6.30. The molecule has 1 fully saturated rings. The number of nitrogens with zero attached hydrogens (tertiary/aromatic N) is 1. The average Bonchev–Trinajstić information content (AvgIpc) is 2.44. The molecule has 3 nitrogen and oxygen atoms in total. The number of halogens is 1. The number of morpholine rings is 1. The molecule has 2 atom stereocenters. The van der Waals surface area contributed by atoms with Gasteiger partial charge in [-0.15, -0.1) is 0 Å². The van der Waals surface area contributed by atoms with Gasteiger partial charge in [0.05, 0.1) is 12.7 Å². The first kappa shape index (κ1) is 15.8. The third-order valence-corrected chi connectivity index (χ3v) is 4.04. The summed E-state index contributed by atoms with van der Waals surface area (Å²) in [6.07, 6.45) is 2.58. The fourth-order valence-corrected chi connectivity index (χ4v) is 2.76. The molecule has 20 heavy (non-hydrogen) atoms. The molecule has 1 aromatic rings. The van der Waals surface area contributed by atoms with Crippen LogP contribution in [0.25, 0.3) is 0 Å². The van der Waals surface area contributed by atoms with Gasteiger partial charge < -0.3 is 15.0 Å². The van der Waals surface area contributed by atoms with Gasteiger partial charge in [-0.3, -0.25) is 0 Å². The van der Waals surface area contributed by atoms with Crippen LogP contribution in [0.4, 0.5) is 0 Å². The van der Waals surface area contributed by atoms with E-state index >= 15 is 0 Å². The summed E-state index contributed by atoms with van der Waals surface area (Å²) in [7, 11) is 2.15. The third kappa shape index (κ3) is 4.74. The predicted molar refractivity (Wildman–Crippen MR) is 84.3 cm³/mol.